The highest BCUT2D eigenvalue weighted by molar-refractivity contribution is 7.89. The summed E-state index contributed by atoms with van der Waals surface area (Å²) in [5, 5.41) is 0.420. The average Bonchev–Trinajstić information content (AvgIpc) is 2.26. The number of hydrogen-bond acceptors (Lipinski definition) is 3. The van der Waals surface area contributed by atoms with Crippen molar-refractivity contribution in [2.24, 2.45) is 5.92 Å². The third kappa shape index (κ3) is 4.67. The molecular formula is C13H21ClN2O2S. The van der Waals surface area contributed by atoms with Crippen LogP contribution in [0.5, 0.6) is 0 Å². The van der Waals surface area contributed by atoms with Crippen LogP contribution in [0.15, 0.2) is 23.1 Å². The molecule has 4 nitrogen and oxygen atoms in total. The second-order valence-corrected chi connectivity index (χ2v) is 7.07. The van der Waals surface area contributed by atoms with E-state index >= 15 is 0 Å². The summed E-state index contributed by atoms with van der Waals surface area (Å²) in [7, 11) is -3.59. The quantitative estimate of drug-likeness (QED) is 0.793. The van der Waals surface area contributed by atoms with Gasteiger partial charge >= 0.3 is 0 Å². The molecule has 6 heteroatoms. The highest BCUT2D eigenvalue weighted by Gasteiger charge is 2.20. The number of nitrogen functional groups attached to an aromatic ring is 1. The largest absolute Gasteiger partial charge is 0.398 e. The number of anilines is 1. The van der Waals surface area contributed by atoms with Gasteiger partial charge in [-0.15, -0.1) is 0 Å². The summed E-state index contributed by atoms with van der Waals surface area (Å²) in [6.07, 6.45) is 1.82. The van der Waals surface area contributed by atoms with E-state index in [-0.39, 0.29) is 16.6 Å². The van der Waals surface area contributed by atoms with E-state index in [4.69, 9.17) is 17.3 Å². The van der Waals surface area contributed by atoms with Gasteiger partial charge in [-0.25, -0.2) is 13.1 Å². The molecule has 0 saturated heterocycles. The van der Waals surface area contributed by atoms with Crippen LogP contribution >= 0.6 is 11.6 Å². The van der Waals surface area contributed by atoms with Gasteiger partial charge in [-0.3, -0.25) is 0 Å². The maximum absolute atomic E-state index is 12.2. The van der Waals surface area contributed by atoms with Crippen molar-refractivity contribution in [3.05, 3.63) is 23.2 Å². The molecule has 0 aromatic heterocycles. The van der Waals surface area contributed by atoms with Crippen molar-refractivity contribution in [3.63, 3.8) is 0 Å². The minimum atomic E-state index is -3.59. The predicted octanol–water partition coefficient (Wildman–Crippen LogP) is 3.03. The Morgan fingerprint density at radius 1 is 1.37 bits per heavy atom. The Labute approximate surface area is 120 Å². The molecule has 0 fully saturated rings. The number of benzene rings is 1. The van der Waals surface area contributed by atoms with Gasteiger partial charge in [-0.05, 0) is 37.5 Å². The zero-order valence-corrected chi connectivity index (χ0v) is 13.1. The molecule has 1 rings (SSSR count). The van der Waals surface area contributed by atoms with Crippen LogP contribution in [-0.4, -0.2) is 14.5 Å². The Morgan fingerprint density at radius 3 is 2.53 bits per heavy atom. The zero-order chi connectivity index (χ0) is 14.6. The van der Waals surface area contributed by atoms with E-state index in [9.17, 15) is 8.42 Å². The Kier molecular flexibility index (Phi) is 5.64. The van der Waals surface area contributed by atoms with Gasteiger partial charge < -0.3 is 5.73 Å². The lowest BCUT2D eigenvalue weighted by Crippen LogP contribution is -2.34. The van der Waals surface area contributed by atoms with Crippen LogP contribution in [0, 0.1) is 5.92 Å². The molecule has 0 saturated carbocycles. The Hall–Kier alpha value is -0.780. The van der Waals surface area contributed by atoms with E-state index in [1.54, 1.807) is 0 Å². The van der Waals surface area contributed by atoms with Crippen LogP contribution in [-0.2, 0) is 10.0 Å². The molecule has 108 valence electrons. The molecule has 0 aliphatic rings. The number of nitrogens with one attached hydrogen (secondary N) is 1. The highest BCUT2D eigenvalue weighted by atomic mass is 35.5. The molecule has 0 aliphatic carbocycles. The van der Waals surface area contributed by atoms with Crippen LogP contribution < -0.4 is 10.5 Å². The molecule has 0 heterocycles. The van der Waals surface area contributed by atoms with Crippen molar-refractivity contribution in [1.29, 1.82) is 0 Å². The van der Waals surface area contributed by atoms with E-state index in [2.05, 4.69) is 18.6 Å². The molecule has 0 amide bonds. The lowest BCUT2D eigenvalue weighted by molar-refractivity contribution is 0.445. The minimum absolute atomic E-state index is 0.0768. The number of nitrogens with two attached hydrogens (primary N) is 1. The molecular weight excluding hydrogens is 284 g/mol. The van der Waals surface area contributed by atoms with Gasteiger partial charge in [-0.1, -0.05) is 31.9 Å². The van der Waals surface area contributed by atoms with Crippen LogP contribution in [0.2, 0.25) is 5.02 Å². The third-order valence-electron chi connectivity index (χ3n) is 3.07. The molecule has 2 unspecified atom stereocenters. The number of hydrogen-bond donors (Lipinski definition) is 2. The fraction of sp³-hybridized carbons (Fsp3) is 0.538. The number of sulfonamides is 1. The van der Waals surface area contributed by atoms with Crippen LogP contribution in [0.4, 0.5) is 5.69 Å². The highest BCUT2D eigenvalue weighted by Crippen LogP contribution is 2.23. The maximum atomic E-state index is 12.2. The Balaban J connectivity index is 2.86. The van der Waals surface area contributed by atoms with E-state index < -0.39 is 10.0 Å². The lowest BCUT2D eigenvalue weighted by atomic mass is 10.0. The topological polar surface area (TPSA) is 72.2 Å². The maximum Gasteiger partial charge on any atom is 0.242 e. The van der Waals surface area contributed by atoms with E-state index in [0.717, 1.165) is 12.8 Å². The van der Waals surface area contributed by atoms with Crippen molar-refractivity contribution >= 4 is 27.3 Å². The van der Waals surface area contributed by atoms with Crippen molar-refractivity contribution in [2.45, 2.75) is 44.6 Å². The standard InChI is InChI=1S/C13H21ClN2O2S/c1-4-9(2)7-10(3)16-19(17,18)13-6-5-11(14)8-12(13)15/h5-6,8-10,16H,4,7,15H2,1-3H3. The molecule has 19 heavy (non-hydrogen) atoms. The summed E-state index contributed by atoms with van der Waals surface area (Å²) in [5.41, 5.74) is 5.87. The first kappa shape index (κ1) is 16.3. The first-order valence-electron chi connectivity index (χ1n) is 6.33. The molecule has 1 aromatic rings. The zero-order valence-electron chi connectivity index (χ0n) is 11.5. The Bertz CT molecular complexity index is 531. The summed E-state index contributed by atoms with van der Waals surface area (Å²) in [5.74, 6) is 0.472. The summed E-state index contributed by atoms with van der Waals surface area (Å²) in [6.45, 7) is 6.04. The number of halogens is 1. The van der Waals surface area contributed by atoms with Crippen LogP contribution in [0.25, 0.3) is 0 Å². The van der Waals surface area contributed by atoms with Gasteiger partial charge in [0.25, 0.3) is 0 Å². The average molecular weight is 305 g/mol. The van der Waals surface area contributed by atoms with E-state index in [0.29, 0.717) is 10.9 Å². The second-order valence-electron chi connectivity index (χ2n) is 4.95. The minimum Gasteiger partial charge on any atom is -0.398 e. The van der Waals surface area contributed by atoms with Crippen molar-refractivity contribution in [1.82, 2.24) is 4.72 Å². The van der Waals surface area contributed by atoms with Crippen molar-refractivity contribution < 1.29 is 8.42 Å². The summed E-state index contributed by atoms with van der Waals surface area (Å²) < 4.78 is 27.1. The van der Waals surface area contributed by atoms with Crippen molar-refractivity contribution in [3.8, 4) is 0 Å². The normalized spacial score (nSPS) is 15.2. The van der Waals surface area contributed by atoms with E-state index in [1.165, 1.54) is 18.2 Å². The summed E-state index contributed by atoms with van der Waals surface area (Å²) >= 11 is 5.77. The smallest absolute Gasteiger partial charge is 0.242 e. The fourth-order valence-corrected chi connectivity index (χ4v) is 3.46. The predicted molar refractivity (Wildman–Crippen MR) is 79.7 cm³/mol. The van der Waals surface area contributed by atoms with Gasteiger partial charge in [0.1, 0.15) is 4.90 Å². The lowest BCUT2D eigenvalue weighted by Gasteiger charge is -2.18. The van der Waals surface area contributed by atoms with Gasteiger partial charge in [-0.2, -0.15) is 0 Å². The van der Waals surface area contributed by atoms with Gasteiger partial charge in [0, 0.05) is 11.1 Å². The van der Waals surface area contributed by atoms with Crippen LogP contribution in [0.1, 0.15) is 33.6 Å². The monoisotopic (exact) mass is 304 g/mol. The molecule has 0 bridgehead atoms. The van der Waals surface area contributed by atoms with Crippen LogP contribution in [0.3, 0.4) is 0 Å². The molecule has 2 atom stereocenters. The first-order valence-corrected chi connectivity index (χ1v) is 8.19. The molecule has 0 aliphatic heterocycles. The van der Waals surface area contributed by atoms with Gasteiger partial charge in [0.15, 0.2) is 0 Å². The summed E-state index contributed by atoms with van der Waals surface area (Å²) in [6, 6.07) is 4.26. The van der Waals surface area contributed by atoms with Crippen molar-refractivity contribution in [2.75, 3.05) is 5.73 Å². The SMILES string of the molecule is CCC(C)CC(C)NS(=O)(=O)c1ccc(Cl)cc1N. The number of rotatable bonds is 6. The third-order valence-corrected chi connectivity index (χ3v) is 4.97. The van der Waals surface area contributed by atoms with Gasteiger partial charge in [0.2, 0.25) is 10.0 Å². The first-order chi connectivity index (χ1) is 8.76. The fourth-order valence-electron chi connectivity index (χ4n) is 1.91. The molecule has 0 spiro atoms. The van der Waals surface area contributed by atoms with E-state index in [1.807, 2.05) is 6.92 Å². The molecule has 0 radical (unpaired) electrons. The summed E-state index contributed by atoms with van der Waals surface area (Å²) in [4.78, 5) is 0.0768. The molecule has 1 aromatic carbocycles. The Morgan fingerprint density at radius 2 is 2.00 bits per heavy atom. The van der Waals surface area contributed by atoms with Gasteiger partial charge in [0.05, 0.1) is 5.69 Å². The second kappa shape index (κ2) is 6.59. The molecule has 3 N–H and O–H groups in total.